The molecule has 1 aromatic heterocycles. The zero-order valence-corrected chi connectivity index (χ0v) is 13.8. The van der Waals surface area contributed by atoms with E-state index in [-0.39, 0.29) is 5.69 Å². The van der Waals surface area contributed by atoms with E-state index in [1.807, 2.05) is 18.2 Å². The molecule has 0 aliphatic carbocycles. The molecule has 0 bridgehead atoms. The molecule has 0 aliphatic heterocycles. The van der Waals surface area contributed by atoms with Gasteiger partial charge in [0, 0.05) is 12.3 Å². The molecule has 0 amide bonds. The highest BCUT2D eigenvalue weighted by atomic mass is 32.2. The molecule has 118 valence electrons. The van der Waals surface area contributed by atoms with Gasteiger partial charge in [-0.3, -0.25) is 4.57 Å². The number of aromatic nitrogens is 3. The summed E-state index contributed by atoms with van der Waals surface area (Å²) in [5.41, 5.74) is 3.55. The third-order valence-electron chi connectivity index (χ3n) is 3.64. The van der Waals surface area contributed by atoms with Gasteiger partial charge in [0.25, 0.3) is 0 Å². The Kier molecular flexibility index (Phi) is 4.98. The SMILES string of the molecule is Cc1cccc(CSc2n[nH]c(=O)n2CCc2ccccc2)c1. The van der Waals surface area contributed by atoms with Gasteiger partial charge in [-0.1, -0.05) is 71.9 Å². The maximum Gasteiger partial charge on any atom is 0.343 e. The minimum absolute atomic E-state index is 0.146. The quantitative estimate of drug-likeness (QED) is 0.707. The summed E-state index contributed by atoms with van der Waals surface area (Å²) >= 11 is 1.59. The molecule has 0 saturated carbocycles. The van der Waals surface area contributed by atoms with Crippen LogP contribution in [-0.2, 0) is 18.7 Å². The molecular weight excluding hydrogens is 306 g/mol. The smallest absolute Gasteiger partial charge is 0.270 e. The summed E-state index contributed by atoms with van der Waals surface area (Å²) in [5.74, 6) is 0.803. The van der Waals surface area contributed by atoms with Crippen LogP contribution in [0.25, 0.3) is 0 Å². The summed E-state index contributed by atoms with van der Waals surface area (Å²) in [5, 5.41) is 7.45. The molecule has 0 radical (unpaired) electrons. The van der Waals surface area contributed by atoms with Gasteiger partial charge < -0.3 is 0 Å². The molecule has 23 heavy (non-hydrogen) atoms. The first-order chi connectivity index (χ1) is 11.2. The van der Waals surface area contributed by atoms with E-state index < -0.39 is 0 Å². The highest BCUT2D eigenvalue weighted by Crippen LogP contribution is 2.20. The van der Waals surface area contributed by atoms with Gasteiger partial charge >= 0.3 is 5.69 Å². The van der Waals surface area contributed by atoms with Crippen LogP contribution in [0, 0.1) is 6.92 Å². The lowest BCUT2D eigenvalue weighted by Crippen LogP contribution is -2.18. The first-order valence-corrected chi connectivity index (χ1v) is 8.58. The number of hydrogen-bond donors (Lipinski definition) is 1. The second-order valence-electron chi connectivity index (χ2n) is 5.48. The molecule has 1 N–H and O–H groups in total. The zero-order chi connectivity index (χ0) is 16.1. The zero-order valence-electron chi connectivity index (χ0n) is 13.0. The van der Waals surface area contributed by atoms with Crippen LogP contribution in [0.5, 0.6) is 0 Å². The molecule has 4 nitrogen and oxygen atoms in total. The van der Waals surface area contributed by atoms with E-state index in [0.717, 1.165) is 17.3 Å². The molecule has 2 aromatic carbocycles. The molecule has 0 spiro atoms. The van der Waals surface area contributed by atoms with Crippen LogP contribution in [0.1, 0.15) is 16.7 Å². The van der Waals surface area contributed by atoms with Crippen molar-refractivity contribution in [2.45, 2.75) is 30.8 Å². The minimum Gasteiger partial charge on any atom is -0.270 e. The van der Waals surface area contributed by atoms with E-state index in [4.69, 9.17) is 0 Å². The van der Waals surface area contributed by atoms with Crippen molar-refractivity contribution in [3.8, 4) is 0 Å². The van der Waals surface area contributed by atoms with Crippen LogP contribution in [0.2, 0.25) is 0 Å². The van der Waals surface area contributed by atoms with Crippen molar-refractivity contribution in [2.24, 2.45) is 0 Å². The number of nitrogens with zero attached hydrogens (tertiary/aromatic N) is 2. The lowest BCUT2D eigenvalue weighted by molar-refractivity contribution is 0.616. The van der Waals surface area contributed by atoms with E-state index in [1.165, 1.54) is 16.7 Å². The van der Waals surface area contributed by atoms with Crippen molar-refractivity contribution in [2.75, 3.05) is 0 Å². The van der Waals surface area contributed by atoms with Crippen LogP contribution in [0.3, 0.4) is 0 Å². The molecule has 0 saturated heterocycles. The van der Waals surface area contributed by atoms with Crippen LogP contribution in [-0.4, -0.2) is 14.8 Å². The number of rotatable bonds is 6. The monoisotopic (exact) mass is 325 g/mol. The lowest BCUT2D eigenvalue weighted by atomic mass is 10.1. The predicted molar refractivity (Wildman–Crippen MR) is 93.7 cm³/mol. The number of aryl methyl sites for hydroxylation is 2. The van der Waals surface area contributed by atoms with E-state index in [2.05, 4.69) is 53.5 Å². The third kappa shape index (κ3) is 4.13. The Labute approximate surface area is 139 Å². The standard InChI is InChI=1S/C18H19N3OS/c1-14-6-5-9-16(12-14)13-23-18-20-19-17(22)21(18)11-10-15-7-3-2-4-8-15/h2-9,12H,10-11,13H2,1H3,(H,19,22). The van der Waals surface area contributed by atoms with E-state index in [9.17, 15) is 4.79 Å². The van der Waals surface area contributed by atoms with Gasteiger partial charge in [0.05, 0.1) is 0 Å². The largest absolute Gasteiger partial charge is 0.343 e. The molecule has 5 heteroatoms. The Morgan fingerprint density at radius 2 is 1.87 bits per heavy atom. The number of hydrogen-bond acceptors (Lipinski definition) is 3. The summed E-state index contributed by atoms with van der Waals surface area (Å²) in [6.45, 7) is 2.72. The molecule has 0 fully saturated rings. The molecule has 3 rings (SSSR count). The highest BCUT2D eigenvalue weighted by molar-refractivity contribution is 7.98. The molecule has 0 unspecified atom stereocenters. The van der Waals surface area contributed by atoms with Crippen LogP contribution in [0.4, 0.5) is 0 Å². The Morgan fingerprint density at radius 3 is 2.65 bits per heavy atom. The Balaban J connectivity index is 1.67. The van der Waals surface area contributed by atoms with Crippen molar-refractivity contribution in [3.05, 3.63) is 81.8 Å². The van der Waals surface area contributed by atoms with E-state index >= 15 is 0 Å². The summed E-state index contributed by atoms with van der Waals surface area (Å²) in [6, 6.07) is 18.6. The van der Waals surface area contributed by atoms with Crippen LogP contribution >= 0.6 is 11.8 Å². The number of nitrogens with one attached hydrogen (secondary N) is 1. The summed E-state index contributed by atoms with van der Waals surface area (Å²) in [6.07, 6.45) is 0.818. The van der Waals surface area contributed by atoms with E-state index in [1.54, 1.807) is 16.3 Å². The van der Waals surface area contributed by atoms with Gasteiger partial charge in [0.15, 0.2) is 5.16 Å². The Bertz CT molecular complexity index is 824. The normalized spacial score (nSPS) is 10.8. The van der Waals surface area contributed by atoms with Gasteiger partial charge in [-0.15, -0.1) is 5.10 Å². The maximum absolute atomic E-state index is 12.0. The summed E-state index contributed by atoms with van der Waals surface area (Å²) in [7, 11) is 0. The highest BCUT2D eigenvalue weighted by Gasteiger charge is 2.09. The fraction of sp³-hybridized carbons (Fsp3) is 0.222. The second-order valence-corrected chi connectivity index (χ2v) is 6.42. The topological polar surface area (TPSA) is 50.7 Å². The molecular formula is C18H19N3OS. The summed E-state index contributed by atoms with van der Waals surface area (Å²) in [4.78, 5) is 12.0. The van der Waals surface area contributed by atoms with Crippen molar-refractivity contribution in [1.29, 1.82) is 0 Å². The number of H-pyrrole nitrogens is 1. The van der Waals surface area contributed by atoms with Crippen molar-refractivity contribution in [3.63, 3.8) is 0 Å². The molecule has 0 aliphatic rings. The first kappa shape index (κ1) is 15.6. The number of benzene rings is 2. The van der Waals surface area contributed by atoms with Gasteiger partial charge in [0.1, 0.15) is 0 Å². The fourth-order valence-electron chi connectivity index (χ4n) is 2.45. The lowest BCUT2D eigenvalue weighted by Gasteiger charge is -2.06. The van der Waals surface area contributed by atoms with Crippen molar-refractivity contribution >= 4 is 11.8 Å². The minimum atomic E-state index is -0.146. The molecule has 3 aromatic rings. The van der Waals surface area contributed by atoms with Crippen LogP contribution < -0.4 is 5.69 Å². The number of thioether (sulfide) groups is 1. The van der Waals surface area contributed by atoms with Gasteiger partial charge in [-0.05, 0) is 24.5 Å². The average molecular weight is 325 g/mol. The predicted octanol–water partition coefficient (Wildman–Crippen LogP) is 3.41. The Hall–Kier alpha value is -2.27. The maximum atomic E-state index is 12.0. The van der Waals surface area contributed by atoms with Crippen LogP contribution in [0.15, 0.2) is 64.5 Å². The van der Waals surface area contributed by atoms with Gasteiger partial charge in [0.2, 0.25) is 0 Å². The van der Waals surface area contributed by atoms with Gasteiger partial charge in [-0.25, -0.2) is 9.89 Å². The fourth-order valence-corrected chi connectivity index (χ4v) is 3.36. The number of aromatic amines is 1. The molecule has 0 atom stereocenters. The Morgan fingerprint density at radius 1 is 1.09 bits per heavy atom. The third-order valence-corrected chi connectivity index (χ3v) is 4.69. The molecule has 1 heterocycles. The second kappa shape index (κ2) is 7.33. The van der Waals surface area contributed by atoms with Crippen molar-refractivity contribution < 1.29 is 0 Å². The summed E-state index contributed by atoms with van der Waals surface area (Å²) < 4.78 is 1.72. The van der Waals surface area contributed by atoms with Gasteiger partial charge in [-0.2, -0.15) is 0 Å². The van der Waals surface area contributed by atoms with E-state index in [0.29, 0.717) is 6.54 Å². The van der Waals surface area contributed by atoms with Crippen molar-refractivity contribution in [1.82, 2.24) is 14.8 Å². The average Bonchev–Trinajstić information content (AvgIpc) is 2.92. The first-order valence-electron chi connectivity index (χ1n) is 7.60.